The second-order valence-electron chi connectivity index (χ2n) is 7.10. The Morgan fingerprint density at radius 1 is 1.04 bits per heavy atom. The van der Waals surface area contributed by atoms with Gasteiger partial charge in [0.2, 0.25) is 0 Å². The first-order chi connectivity index (χ1) is 13.4. The Labute approximate surface area is 169 Å². The molecule has 0 fully saturated rings. The van der Waals surface area contributed by atoms with Crippen molar-refractivity contribution in [3.05, 3.63) is 76.8 Å². The van der Waals surface area contributed by atoms with Gasteiger partial charge in [-0.25, -0.2) is 9.67 Å². The van der Waals surface area contributed by atoms with Crippen molar-refractivity contribution in [2.45, 2.75) is 33.1 Å². The Hall–Kier alpha value is -2.79. The quantitative estimate of drug-likeness (QED) is 0.505. The van der Waals surface area contributed by atoms with Gasteiger partial charge in [-0.1, -0.05) is 43.6 Å². The minimum Gasteiger partial charge on any atom is -0.292 e. The van der Waals surface area contributed by atoms with Gasteiger partial charge in [-0.3, -0.25) is 9.59 Å². The topological polar surface area (TPSA) is 64.8 Å². The van der Waals surface area contributed by atoms with Crippen molar-refractivity contribution in [3.63, 3.8) is 0 Å². The van der Waals surface area contributed by atoms with Gasteiger partial charge in [0.25, 0.3) is 0 Å². The molecular weight excluding hydrogens is 374 g/mol. The molecule has 0 bridgehead atoms. The molecule has 0 aliphatic heterocycles. The maximum Gasteiger partial charge on any atom is 0.181 e. The minimum absolute atomic E-state index is 0.0364. The number of pyridine rings is 1. The predicted molar refractivity (Wildman–Crippen MR) is 109 cm³/mol. The molecule has 0 unspecified atom stereocenters. The van der Waals surface area contributed by atoms with Gasteiger partial charge in [-0.2, -0.15) is 5.10 Å². The van der Waals surface area contributed by atoms with Crippen LogP contribution in [0.1, 0.15) is 53.2 Å². The molecule has 0 saturated carbocycles. The maximum absolute atomic E-state index is 12.5. The van der Waals surface area contributed by atoms with Crippen LogP contribution in [0.2, 0.25) is 5.02 Å². The fourth-order valence-electron chi connectivity index (χ4n) is 2.87. The molecule has 2 heterocycles. The van der Waals surface area contributed by atoms with Crippen LogP contribution in [0.25, 0.3) is 5.69 Å². The van der Waals surface area contributed by atoms with Crippen molar-refractivity contribution in [1.82, 2.24) is 14.8 Å². The van der Waals surface area contributed by atoms with Crippen LogP contribution in [0.4, 0.5) is 0 Å². The third kappa shape index (κ3) is 4.93. The van der Waals surface area contributed by atoms with Crippen LogP contribution in [-0.2, 0) is 6.42 Å². The summed E-state index contributed by atoms with van der Waals surface area (Å²) in [5, 5.41) is 4.93. The second kappa shape index (κ2) is 8.93. The van der Waals surface area contributed by atoms with E-state index < -0.39 is 0 Å². The Balaban J connectivity index is 1.65. The predicted octanol–water partition coefficient (Wildman–Crippen LogP) is 4.97. The monoisotopic (exact) mass is 395 g/mol. The first kappa shape index (κ1) is 20.0. The summed E-state index contributed by atoms with van der Waals surface area (Å²) in [7, 11) is 0. The SMILES string of the molecule is CC(C)CC(=O)c1cccc(C(=O)CCc2cnn(-c3ccccc3Cl)c2)n1. The maximum atomic E-state index is 12.5. The molecule has 0 radical (unpaired) electrons. The van der Waals surface area contributed by atoms with E-state index in [9.17, 15) is 9.59 Å². The number of ketones is 2. The third-order valence-electron chi connectivity index (χ3n) is 4.29. The van der Waals surface area contributed by atoms with Gasteiger partial charge in [-0.15, -0.1) is 0 Å². The average Bonchev–Trinajstić information content (AvgIpc) is 3.15. The van der Waals surface area contributed by atoms with E-state index in [1.807, 2.05) is 38.2 Å². The van der Waals surface area contributed by atoms with Gasteiger partial charge in [0.1, 0.15) is 11.4 Å². The molecule has 144 valence electrons. The first-order valence-corrected chi connectivity index (χ1v) is 9.63. The number of carbonyl (C=O) groups is 2. The van der Waals surface area contributed by atoms with Gasteiger partial charge >= 0.3 is 0 Å². The van der Waals surface area contributed by atoms with Crippen molar-refractivity contribution >= 4 is 23.2 Å². The summed E-state index contributed by atoms with van der Waals surface area (Å²) in [6.07, 6.45) is 4.85. The lowest BCUT2D eigenvalue weighted by Crippen LogP contribution is -2.10. The smallest absolute Gasteiger partial charge is 0.181 e. The molecule has 0 aliphatic carbocycles. The first-order valence-electron chi connectivity index (χ1n) is 9.26. The number of aryl methyl sites for hydroxylation is 1. The van der Waals surface area contributed by atoms with Gasteiger partial charge in [0.05, 0.1) is 16.9 Å². The summed E-state index contributed by atoms with van der Waals surface area (Å²) in [6.45, 7) is 3.96. The molecule has 0 N–H and O–H groups in total. The van der Waals surface area contributed by atoms with E-state index in [0.29, 0.717) is 35.7 Å². The van der Waals surface area contributed by atoms with E-state index in [0.717, 1.165) is 11.3 Å². The standard InChI is InChI=1S/C22H22ClN3O2/c1-15(2)12-22(28)19-8-5-7-18(25-19)21(27)11-10-16-13-24-26(14-16)20-9-4-3-6-17(20)23/h3-9,13-15H,10-12H2,1-2H3. The van der Waals surface area contributed by atoms with Crippen molar-refractivity contribution in [1.29, 1.82) is 0 Å². The van der Waals surface area contributed by atoms with Crippen LogP contribution in [-0.4, -0.2) is 26.3 Å². The van der Waals surface area contributed by atoms with Gasteiger partial charge in [-0.05, 0) is 42.2 Å². The largest absolute Gasteiger partial charge is 0.292 e. The number of hydrogen-bond donors (Lipinski definition) is 0. The zero-order valence-corrected chi connectivity index (χ0v) is 16.7. The van der Waals surface area contributed by atoms with E-state index in [4.69, 9.17) is 11.6 Å². The molecule has 28 heavy (non-hydrogen) atoms. The molecule has 5 nitrogen and oxygen atoms in total. The molecule has 0 aliphatic rings. The summed E-state index contributed by atoms with van der Waals surface area (Å²) in [5.41, 5.74) is 2.40. The number of nitrogens with zero attached hydrogens (tertiary/aromatic N) is 3. The fraction of sp³-hybridized carbons (Fsp3) is 0.273. The van der Waals surface area contributed by atoms with Crippen molar-refractivity contribution in [2.24, 2.45) is 5.92 Å². The number of halogens is 1. The molecule has 2 aromatic heterocycles. The Morgan fingerprint density at radius 2 is 1.75 bits per heavy atom. The molecule has 0 atom stereocenters. The Morgan fingerprint density at radius 3 is 2.46 bits per heavy atom. The van der Waals surface area contributed by atoms with Crippen LogP contribution in [0.3, 0.4) is 0 Å². The van der Waals surface area contributed by atoms with E-state index in [1.54, 1.807) is 35.1 Å². The van der Waals surface area contributed by atoms with Crippen molar-refractivity contribution < 1.29 is 9.59 Å². The number of aromatic nitrogens is 3. The number of carbonyl (C=O) groups excluding carboxylic acids is 2. The lowest BCUT2D eigenvalue weighted by molar-refractivity contribution is 0.0962. The normalized spacial score (nSPS) is 11.0. The highest BCUT2D eigenvalue weighted by atomic mass is 35.5. The van der Waals surface area contributed by atoms with Crippen molar-refractivity contribution in [3.8, 4) is 5.69 Å². The highest BCUT2D eigenvalue weighted by molar-refractivity contribution is 6.32. The van der Waals surface area contributed by atoms with E-state index in [1.165, 1.54) is 0 Å². The summed E-state index contributed by atoms with van der Waals surface area (Å²) in [5.74, 6) is 0.124. The second-order valence-corrected chi connectivity index (χ2v) is 7.50. The zero-order valence-electron chi connectivity index (χ0n) is 15.9. The highest BCUT2D eigenvalue weighted by Gasteiger charge is 2.14. The summed E-state index contributed by atoms with van der Waals surface area (Å²) >= 11 is 6.20. The van der Waals surface area contributed by atoms with Gasteiger partial charge < -0.3 is 0 Å². The van der Waals surface area contributed by atoms with E-state index in [2.05, 4.69) is 10.1 Å². The van der Waals surface area contributed by atoms with Crippen LogP contribution >= 0.6 is 11.6 Å². The van der Waals surface area contributed by atoms with Gasteiger partial charge in [0, 0.05) is 19.0 Å². The average molecular weight is 396 g/mol. The molecular formula is C22H22ClN3O2. The number of hydrogen-bond acceptors (Lipinski definition) is 4. The number of para-hydroxylation sites is 1. The molecule has 1 aromatic carbocycles. The lowest BCUT2D eigenvalue weighted by atomic mass is 10.0. The molecule has 0 amide bonds. The molecule has 3 rings (SSSR count). The van der Waals surface area contributed by atoms with Crippen LogP contribution in [0.5, 0.6) is 0 Å². The van der Waals surface area contributed by atoms with Crippen LogP contribution in [0.15, 0.2) is 54.9 Å². The summed E-state index contributed by atoms with van der Waals surface area (Å²) in [6, 6.07) is 12.5. The molecule has 6 heteroatoms. The minimum atomic E-state index is -0.0929. The number of rotatable bonds is 8. The van der Waals surface area contributed by atoms with Gasteiger partial charge in [0.15, 0.2) is 11.6 Å². The number of Topliss-reactive ketones (excluding diaryl/α,β-unsaturated/α-hetero) is 2. The lowest BCUT2D eigenvalue weighted by Gasteiger charge is -2.05. The number of benzene rings is 1. The molecule has 0 saturated heterocycles. The zero-order chi connectivity index (χ0) is 20.1. The summed E-state index contributed by atoms with van der Waals surface area (Å²) in [4.78, 5) is 29.0. The van der Waals surface area contributed by atoms with Crippen LogP contribution < -0.4 is 0 Å². The summed E-state index contributed by atoms with van der Waals surface area (Å²) < 4.78 is 1.70. The highest BCUT2D eigenvalue weighted by Crippen LogP contribution is 2.20. The van der Waals surface area contributed by atoms with E-state index >= 15 is 0 Å². The molecule has 3 aromatic rings. The Bertz CT molecular complexity index is 995. The third-order valence-corrected chi connectivity index (χ3v) is 4.61. The van der Waals surface area contributed by atoms with E-state index in [-0.39, 0.29) is 17.5 Å². The van der Waals surface area contributed by atoms with Crippen LogP contribution in [0, 0.1) is 5.92 Å². The molecule has 0 spiro atoms. The Kier molecular flexibility index (Phi) is 6.37. The fourth-order valence-corrected chi connectivity index (χ4v) is 3.09. The van der Waals surface area contributed by atoms with Crippen molar-refractivity contribution in [2.75, 3.05) is 0 Å².